The van der Waals surface area contributed by atoms with Crippen molar-refractivity contribution in [2.24, 2.45) is 0 Å². The van der Waals surface area contributed by atoms with E-state index in [1.165, 1.54) is 7.11 Å². The molecule has 52 valence electrons. The second-order valence-electron chi connectivity index (χ2n) is 1.41. The topological polar surface area (TPSA) is 42.1 Å². The number of hydrogen-bond donors (Lipinski definition) is 1. The van der Waals surface area contributed by atoms with Crippen LogP contribution >= 0.6 is 0 Å². The summed E-state index contributed by atoms with van der Waals surface area (Å²) in [4.78, 5) is 12.2. The van der Waals surface area contributed by atoms with Crippen molar-refractivity contribution in [2.75, 3.05) is 7.11 Å². The third kappa shape index (κ3) is 6.81. The first-order valence-corrected chi connectivity index (χ1v) is 2.68. The third-order valence-corrected chi connectivity index (χ3v) is 0.697. The minimum absolute atomic E-state index is 0.745. The fourth-order valence-electron chi connectivity index (χ4n) is 0.278. The zero-order valence-corrected chi connectivity index (χ0v) is 5.70. The lowest BCUT2D eigenvalue weighted by Crippen LogP contribution is -1.92. The van der Waals surface area contributed by atoms with E-state index in [1.54, 1.807) is 0 Å². The van der Waals surface area contributed by atoms with Gasteiger partial charge in [-0.3, -0.25) is 4.79 Å². The molecule has 10 heavy (non-hydrogen) atoms. The Morgan fingerprint density at radius 2 is 1.90 bits per heavy atom. The molecule has 0 aromatic carbocycles. The van der Waals surface area contributed by atoms with Gasteiger partial charge in [-0.15, -0.1) is 0 Å². The maximum atomic E-state index is 9.37. The average Bonchev–Trinajstić information content (AvgIpc) is 2.43. The number of H-pyrrole nitrogens is 1. The summed E-state index contributed by atoms with van der Waals surface area (Å²) in [6.07, 6.45) is 3.75. The monoisotopic (exact) mass is 137 g/mol. The van der Waals surface area contributed by atoms with Gasteiger partial charge in [-0.2, -0.15) is 0 Å². The Labute approximate surface area is 60.8 Å². The molecule has 1 heterocycles. The normalized spacial score (nSPS) is 7.30. The summed E-state index contributed by atoms with van der Waals surface area (Å²) in [5.41, 5.74) is 0. The van der Waals surface area contributed by atoms with Gasteiger partial charge in [0.2, 0.25) is 13.7 Å². The summed E-state index contributed by atoms with van der Waals surface area (Å²) in [5.74, 6) is -0.745. The molecule has 3 nitrogen and oxygen atoms in total. The van der Waals surface area contributed by atoms with Gasteiger partial charge in [0.15, 0.2) is 0 Å². The molecule has 0 spiro atoms. The molecule has 2 radical (unpaired) electrons. The number of ether oxygens (including phenoxy) is 1. The number of aromatic nitrogens is 1. The van der Waals surface area contributed by atoms with E-state index >= 15 is 0 Å². The molecular formula is C6H8BNO2. The van der Waals surface area contributed by atoms with Crippen LogP contribution in [0.2, 0.25) is 0 Å². The summed E-state index contributed by atoms with van der Waals surface area (Å²) in [7, 11) is 5.66. The van der Waals surface area contributed by atoms with E-state index in [9.17, 15) is 4.79 Å². The van der Waals surface area contributed by atoms with Crippen LogP contribution < -0.4 is 0 Å². The van der Waals surface area contributed by atoms with Crippen LogP contribution in [0.4, 0.5) is 4.79 Å². The van der Waals surface area contributed by atoms with Gasteiger partial charge in [0.05, 0.1) is 7.11 Å². The predicted octanol–water partition coefficient (Wildman–Crippen LogP) is 0.936. The first-order valence-electron chi connectivity index (χ1n) is 2.68. The molecule has 0 bridgehead atoms. The number of carbonyl (C=O) groups is 1. The molecule has 1 N–H and O–H groups in total. The third-order valence-electron chi connectivity index (χ3n) is 0.697. The highest BCUT2D eigenvalue weighted by Crippen LogP contribution is 1.72. The minimum Gasteiger partial charge on any atom is -0.478 e. The summed E-state index contributed by atoms with van der Waals surface area (Å²) in [6.45, 7) is 0. The largest absolute Gasteiger partial charge is 0.478 e. The van der Waals surface area contributed by atoms with Crippen LogP contribution in [0.25, 0.3) is 0 Å². The summed E-state index contributed by atoms with van der Waals surface area (Å²) >= 11 is 0. The van der Waals surface area contributed by atoms with Crippen LogP contribution in [0.15, 0.2) is 24.5 Å². The Hall–Kier alpha value is -1.19. The molecule has 0 aliphatic heterocycles. The predicted molar refractivity (Wildman–Crippen MR) is 39.0 cm³/mol. The van der Waals surface area contributed by atoms with E-state index in [0.29, 0.717) is 0 Å². The van der Waals surface area contributed by atoms with Crippen molar-refractivity contribution in [3.8, 4) is 0 Å². The number of carbonyl (C=O) groups excluding carboxylic acids is 1. The van der Waals surface area contributed by atoms with Gasteiger partial charge in [0, 0.05) is 12.4 Å². The lowest BCUT2D eigenvalue weighted by Gasteiger charge is -1.81. The van der Waals surface area contributed by atoms with Gasteiger partial charge in [-0.1, -0.05) is 0 Å². The number of rotatable bonds is 0. The highest BCUT2D eigenvalue weighted by atomic mass is 16.5. The van der Waals surface area contributed by atoms with Gasteiger partial charge < -0.3 is 9.72 Å². The molecule has 0 aliphatic carbocycles. The van der Waals surface area contributed by atoms with E-state index in [2.05, 4.69) is 17.6 Å². The van der Waals surface area contributed by atoms with Gasteiger partial charge in [-0.05, 0) is 12.1 Å². The second-order valence-corrected chi connectivity index (χ2v) is 1.41. The molecule has 0 unspecified atom stereocenters. The Morgan fingerprint density at radius 3 is 2.00 bits per heavy atom. The van der Waals surface area contributed by atoms with Crippen LogP contribution in [-0.4, -0.2) is 25.8 Å². The zero-order chi connectivity index (χ0) is 7.82. The molecule has 1 rings (SSSR count). The molecule has 1 aromatic heterocycles. The first-order chi connectivity index (χ1) is 4.77. The van der Waals surface area contributed by atoms with E-state index < -0.39 is 5.87 Å². The van der Waals surface area contributed by atoms with Crippen molar-refractivity contribution in [1.29, 1.82) is 0 Å². The Kier molecular flexibility index (Phi) is 5.24. The molecule has 4 heteroatoms. The van der Waals surface area contributed by atoms with Crippen molar-refractivity contribution in [1.82, 2.24) is 4.98 Å². The zero-order valence-electron chi connectivity index (χ0n) is 5.70. The Balaban J connectivity index is 0.000000162. The van der Waals surface area contributed by atoms with Gasteiger partial charge >= 0.3 is 0 Å². The van der Waals surface area contributed by atoms with E-state index in [0.717, 1.165) is 0 Å². The first kappa shape index (κ1) is 8.81. The number of nitrogens with one attached hydrogen (secondary N) is 1. The number of hydrogen-bond acceptors (Lipinski definition) is 2. The SMILES string of the molecule is [B]C(=O)OC.c1cc[nH]c1. The van der Waals surface area contributed by atoms with E-state index in [-0.39, 0.29) is 0 Å². The van der Waals surface area contributed by atoms with Crippen LogP contribution in [0, 0.1) is 0 Å². The molecule has 1 aromatic rings. The van der Waals surface area contributed by atoms with Crippen molar-refractivity contribution in [2.45, 2.75) is 0 Å². The molecule has 0 amide bonds. The molecular weight excluding hydrogens is 129 g/mol. The fraction of sp³-hybridized carbons (Fsp3) is 0.167. The smallest absolute Gasteiger partial charge is 0.235 e. The Morgan fingerprint density at radius 1 is 1.50 bits per heavy atom. The van der Waals surface area contributed by atoms with Crippen molar-refractivity contribution in [3.05, 3.63) is 24.5 Å². The van der Waals surface area contributed by atoms with Crippen molar-refractivity contribution < 1.29 is 9.53 Å². The molecule has 0 atom stereocenters. The van der Waals surface area contributed by atoms with Gasteiger partial charge in [-0.25, -0.2) is 0 Å². The van der Waals surface area contributed by atoms with Crippen LogP contribution in [0.3, 0.4) is 0 Å². The minimum atomic E-state index is -0.745. The summed E-state index contributed by atoms with van der Waals surface area (Å²) in [6, 6.07) is 3.89. The maximum Gasteiger partial charge on any atom is 0.235 e. The molecule has 0 aliphatic rings. The van der Waals surface area contributed by atoms with E-state index in [1.807, 2.05) is 24.5 Å². The van der Waals surface area contributed by atoms with Gasteiger partial charge in [0.1, 0.15) is 0 Å². The number of methoxy groups -OCH3 is 1. The highest BCUT2D eigenvalue weighted by Gasteiger charge is 1.75. The van der Waals surface area contributed by atoms with Crippen molar-refractivity contribution >= 4 is 13.7 Å². The van der Waals surface area contributed by atoms with Crippen LogP contribution in [0.5, 0.6) is 0 Å². The molecule has 0 fully saturated rings. The average molecular weight is 137 g/mol. The van der Waals surface area contributed by atoms with E-state index in [4.69, 9.17) is 0 Å². The Bertz CT molecular complexity index is 145. The summed E-state index contributed by atoms with van der Waals surface area (Å²) in [5, 5.41) is 0. The maximum absolute atomic E-state index is 9.37. The molecule has 0 saturated heterocycles. The van der Waals surface area contributed by atoms with Crippen LogP contribution in [-0.2, 0) is 4.74 Å². The lowest BCUT2D eigenvalue weighted by molar-refractivity contribution is 0.198. The quantitative estimate of drug-likeness (QED) is 0.540. The standard InChI is InChI=1S/C4H5N.C2H3BO2/c1-2-4-5-3-1;1-5-2(3)4/h1-5H;1H3. The highest BCUT2D eigenvalue weighted by molar-refractivity contribution is 6.55. The lowest BCUT2D eigenvalue weighted by atomic mass is 10.2. The molecule has 0 saturated carbocycles. The summed E-state index contributed by atoms with van der Waals surface area (Å²) < 4.78 is 3.89. The van der Waals surface area contributed by atoms with Crippen molar-refractivity contribution in [3.63, 3.8) is 0 Å². The fourth-order valence-corrected chi connectivity index (χ4v) is 0.278. The number of aromatic amines is 1. The van der Waals surface area contributed by atoms with Crippen LogP contribution in [0.1, 0.15) is 0 Å². The second kappa shape index (κ2) is 5.94. The van der Waals surface area contributed by atoms with Gasteiger partial charge in [0.25, 0.3) is 0 Å².